The summed E-state index contributed by atoms with van der Waals surface area (Å²) in [6, 6.07) is 6.78. The molecule has 0 atom stereocenters. The number of sulfone groups is 1. The summed E-state index contributed by atoms with van der Waals surface area (Å²) in [6.45, 7) is 8.20. The zero-order chi connectivity index (χ0) is 19.4. The van der Waals surface area contributed by atoms with Crippen LogP contribution in [0.1, 0.15) is 20.8 Å². The zero-order valence-electron chi connectivity index (χ0n) is 16.0. The third-order valence-electron chi connectivity index (χ3n) is 4.57. The minimum Gasteiger partial charge on any atom is -0.366 e. The Hall–Kier alpha value is -1.83. The lowest BCUT2D eigenvalue weighted by Gasteiger charge is -2.37. The number of nitrogens with zero attached hydrogens (tertiary/aromatic N) is 3. The number of hydrogen-bond donors (Lipinski definition) is 1. The normalized spacial score (nSPS) is 16.7. The Morgan fingerprint density at radius 2 is 1.81 bits per heavy atom. The van der Waals surface area contributed by atoms with Crippen LogP contribution in [-0.2, 0) is 9.84 Å². The maximum absolute atomic E-state index is 13.9. The molecule has 0 aromatic heterocycles. The van der Waals surface area contributed by atoms with Gasteiger partial charge in [0.2, 0.25) is 0 Å². The average molecular weight is 385 g/mol. The van der Waals surface area contributed by atoms with E-state index in [0.29, 0.717) is 44.4 Å². The number of para-hydroxylation sites is 1. The number of benzene rings is 1. The van der Waals surface area contributed by atoms with Gasteiger partial charge in [-0.2, -0.15) is 0 Å². The second-order valence-electron chi connectivity index (χ2n) is 7.33. The van der Waals surface area contributed by atoms with Crippen LogP contribution in [0.3, 0.4) is 0 Å². The Balaban J connectivity index is 1.88. The Labute approximate surface area is 156 Å². The third-order valence-corrected chi connectivity index (χ3v) is 7.18. The van der Waals surface area contributed by atoms with Gasteiger partial charge >= 0.3 is 0 Å². The van der Waals surface area contributed by atoms with E-state index >= 15 is 0 Å². The lowest BCUT2D eigenvalue weighted by Crippen LogP contribution is -2.53. The summed E-state index contributed by atoms with van der Waals surface area (Å²) in [4.78, 5) is 8.34. The fourth-order valence-corrected chi connectivity index (χ4v) is 3.79. The van der Waals surface area contributed by atoms with Crippen molar-refractivity contribution < 1.29 is 12.8 Å². The van der Waals surface area contributed by atoms with Crippen molar-refractivity contribution in [3.8, 4) is 0 Å². The van der Waals surface area contributed by atoms with E-state index in [1.54, 1.807) is 40.0 Å². The number of piperazine rings is 1. The van der Waals surface area contributed by atoms with Crippen molar-refractivity contribution in [3.63, 3.8) is 0 Å². The molecule has 2 rings (SSSR count). The number of guanidine groups is 1. The van der Waals surface area contributed by atoms with Crippen LogP contribution >= 0.6 is 0 Å². The van der Waals surface area contributed by atoms with E-state index in [9.17, 15) is 12.8 Å². The fraction of sp³-hybridized carbons (Fsp3) is 0.611. The second kappa shape index (κ2) is 8.24. The maximum atomic E-state index is 13.9. The van der Waals surface area contributed by atoms with E-state index in [1.807, 2.05) is 11.0 Å². The van der Waals surface area contributed by atoms with E-state index in [-0.39, 0.29) is 11.6 Å². The van der Waals surface area contributed by atoms with E-state index in [1.165, 1.54) is 6.07 Å². The molecule has 1 aliphatic rings. The molecule has 0 radical (unpaired) electrons. The Morgan fingerprint density at radius 3 is 2.35 bits per heavy atom. The largest absolute Gasteiger partial charge is 0.366 e. The van der Waals surface area contributed by atoms with Gasteiger partial charge in [0.15, 0.2) is 15.8 Å². The molecule has 1 aromatic carbocycles. The van der Waals surface area contributed by atoms with Crippen LogP contribution in [0.25, 0.3) is 0 Å². The lowest BCUT2D eigenvalue weighted by molar-refractivity contribution is 0.371. The molecular weight excluding hydrogens is 355 g/mol. The monoisotopic (exact) mass is 384 g/mol. The topological polar surface area (TPSA) is 65.0 Å². The molecule has 1 N–H and O–H groups in total. The molecule has 6 nitrogen and oxygen atoms in total. The highest BCUT2D eigenvalue weighted by molar-refractivity contribution is 7.92. The molecule has 0 saturated carbocycles. The van der Waals surface area contributed by atoms with Gasteiger partial charge in [0.25, 0.3) is 0 Å². The molecular formula is C18H29FN4O2S. The maximum Gasteiger partial charge on any atom is 0.193 e. The Kier molecular flexibility index (Phi) is 6.49. The zero-order valence-corrected chi connectivity index (χ0v) is 16.8. The molecule has 0 amide bonds. The van der Waals surface area contributed by atoms with Crippen LogP contribution in [0.2, 0.25) is 0 Å². The van der Waals surface area contributed by atoms with Crippen LogP contribution in [0.4, 0.5) is 10.1 Å². The first-order valence-corrected chi connectivity index (χ1v) is 10.5. The molecule has 1 aliphatic heterocycles. The summed E-state index contributed by atoms with van der Waals surface area (Å²) in [6.07, 6.45) is 0. The van der Waals surface area contributed by atoms with E-state index < -0.39 is 14.6 Å². The predicted octanol–water partition coefficient (Wildman–Crippen LogP) is 1.74. The van der Waals surface area contributed by atoms with Gasteiger partial charge in [-0.05, 0) is 32.9 Å². The molecule has 0 aliphatic carbocycles. The molecule has 0 spiro atoms. The fourth-order valence-electron chi connectivity index (χ4n) is 2.80. The van der Waals surface area contributed by atoms with E-state index in [4.69, 9.17) is 0 Å². The minimum atomic E-state index is -3.17. The summed E-state index contributed by atoms with van der Waals surface area (Å²) in [5, 5.41) is 3.14. The van der Waals surface area contributed by atoms with Crippen LogP contribution in [0, 0.1) is 5.82 Å². The standard InChI is InChI=1S/C18H29FN4O2S/c1-18(2,3)26(24,25)14-9-21-17(20-4)23-12-10-22(11-13-23)16-8-6-5-7-15(16)19/h5-8H,9-14H2,1-4H3,(H,20,21). The summed E-state index contributed by atoms with van der Waals surface area (Å²) >= 11 is 0. The average Bonchev–Trinajstić information content (AvgIpc) is 2.58. The molecule has 1 aromatic rings. The minimum absolute atomic E-state index is 0.0602. The third kappa shape index (κ3) is 4.87. The summed E-state index contributed by atoms with van der Waals surface area (Å²) in [5.41, 5.74) is 0.617. The second-order valence-corrected chi connectivity index (χ2v) is 10.2. The smallest absolute Gasteiger partial charge is 0.193 e. The van der Waals surface area contributed by atoms with E-state index in [2.05, 4.69) is 15.2 Å². The van der Waals surface area contributed by atoms with Crippen LogP contribution in [0.15, 0.2) is 29.3 Å². The van der Waals surface area contributed by atoms with Gasteiger partial charge in [0.05, 0.1) is 16.2 Å². The number of anilines is 1. The number of halogens is 1. The quantitative estimate of drug-likeness (QED) is 0.633. The SMILES string of the molecule is CN=C(NCCS(=O)(=O)C(C)(C)C)N1CCN(c2ccccc2F)CC1. The van der Waals surface area contributed by atoms with Crippen molar-refractivity contribution in [2.75, 3.05) is 50.4 Å². The molecule has 8 heteroatoms. The first kappa shape index (κ1) is 20.5. The van der Waals surface area contributed by atoms with Crippen molar-refractivity contribution in [2.45, 2.75) is 25.5 Å². The Bertz CT molecular complexity index is 736. The van der Waals surface area contributed by atoms with Crippen molar-refractivity contribution in [1.29, 1.82) is 0 Å². The summed E-state index contributed by atoms with van der Waals surface area (Å²) < 4.78 is 37.6. The van der Waals surface area contributed by atoms with Gasteiger partial charge in [0.1, 0.15) is 5.82 Å². The van der Waals surface area contributed by atoms with Crippen molar-refractivity contribution in [2.24, 2.45) is 4.99 Å². The first-order valence-electron chi connectivity index (χ1n) is 8.83. The predicted molar refractivity (Wildman–Crippen MR) is 105 cm³/mol. The van der Waals surface area contributed by atoms with Gasteiger partial charge in [0, 0.05) is 39.8 Å². The van der Waals surface area contributed by atoms with Gasteiger partial charge in [-0.15, -0.1) is 0 Å². The molecule has 1 saturated heterocycles. The Morgan fingerprint density at radius 1 is 1.19 bits per heavy atom. The lowest BCUT2D eigenvalue weighted by atomic mass is 10.2. The van der Waals surface area contributed by atoms with E-state index in [0.717, 1.165) is 0 Å². The highest BCUT2D eigenvalue weighted by Gasteiger charge is 2.28. The highest BCUT2D eigenvalue weighted by atomic mass is 32.2. The molecule has 146 valence electrons. The van der Waals surface area contributed by atoms with Crippen molar-refractivity contribution >= 4 is 21.5 Å². The number of nitrogens with one attached hydrogen (secondary N) is 1. The molecule has 0 unspecified atom stereocenters. The van der Waals surface area contributed by atoms with Crippen molar-refractivity contribution in [1.82, 2.24) is 10.2 Å². The van der Waals surface area contributed by atoms with Crippen molar-refractivity contribution in [3.05, 3.63) is 30.1 Å². The van der Waals surface area contributed by atoms with Gasteiger partial charge < -0.3 is 15.1 Å². The molecule has 0 bridgehead atoms. The van der Waals surface area contributed by atoms with Gasteiger partial charge in [-0.25, -0.2) is 12.8 Å². The molecule has 1 fully saturated rings. The first-order chi connectivity index (χ1) is 12.2. The number of hydrogen-bond acceptors (Lipinski definition) is 4. The highest BCUT2D eigenvalue weighted by Crippen LogP contribution is 2.20. The number of aliphatic imine (C=N–C) groups is 1. The summed E-state index contributed by atoms with van der Waals surface area (Å²) in [5.74, 6) is 0.531. The molecule has 1 heterocycles. The van der Waals surface area contributed by atoms with Gasteiger partial charge in [-0.3, -0.25) is 4.99 Å². The van der Waals surface area contributed by atoms with Crippen LogP contribution in [0.5, 0.6) is 0 Å². The summed E-state index contributed by atoms with van der Waals surface area (Å²) in [7, 11) is -1.48. The van der Waals surface area contributed by atoms with Crippen LogP contribution in [-0.4, -0.2) is 69.5 Å². The molecule has 26 heavy (non-hydrogen) atoms. The van der Waals surface area contributed by atoms with Crippen LogP contribution < -0.4 is 10.2 Å². The number of rotatable bonds is 4. The van der Waals surface area contributed by atoms with Gasteiger partial charge in [-0.1, -0.05) is 12.1 Å².